The van der Waals surface area contributed by atoms with Crippen molar-refractivity contribution in [2.75, 3.05) is 17.2 Å². The van der Waals surface area contributed by atoms with Gasteiger partial charge in [-0.15, -0.1) is 0 Å². The second kappa shape index (κ2) is 5.77. The fraction of sp³-hybridized carbons (Fsp3) is 0.105. The molecule has 0 fully saturated rings. The van der Waals surface area contributed by atoms with Crippen molar-refractivity contribution < 1.29 is 14.6 Å². The molecule has 0 aliphatic carbocycles. The van der Waals surface area contributed by atoms with Crippen molar-refractivity contribution in [1.82, 2.24) is 0 Å². The molecule has 120 valence electrons. The molecule has 5 nitrogen and oxygen atoms in total. The minimum absolute atomic E-state index is 0.219. The molecule has 1 aliphatic rings. The number of para-hydroxylation sites is 1. The van der Waals surface area contributed by atoms with Crippen molar-refractivity contribution in [2.45, 2.75) is 6.17 Å². The summed E-state index contributed by atoms with van der Waals surface area (Å²) in [5.74, 6) is -0.734. The van der Waals surface area contributed by atoms with Gasteiger partial charge in [-0.2, -0.15) is 0 Å². The highest BCUT2D eigenvalue weighted by atomic mass is 16.5. The lowest BCUT2D eigenvalue weighted by Gasteiger charge is -2.30. The Labute approximate surface area is 138 Å². The van der Waals surface area contributed by atoms with Crippen molar-refractivity contribution in [3.05, 3.63) is 66.2 Å². The lowest BCUT2D eigenvalue weighted by atomic mass is 10.0. The van der Waals surface area contributed by atoms with Crippen LogP contribution in [0.15, 0.2) is 60.7 Å². The summed E-state index contributed by atoms with van der Waals surface area (Å²) in [6.45, 7) is -0.476. The van der Waals surface area contributed by atoms with E-state index in [9.17, 15) is 9.90 Å². The molecule has 0 spiro atoms. The van der Waals surface area contributed by atoms with Gasteiger partial charge in [-0.05, 0) is 23.6 Å². The summed E-state index contributed by atoms with van der Waals surface area (Å²) >= 11 is 0. The van der Waals surface area contributed by atoms with Crippen LogP contribution in [0.25, 0.3) is 10.8 Å². The molecule has 0 atom stereocenters. The first-order valence-corrected chi connectivity index (χ1v) is 7.69. The number of carbonyl (C=O) groups excluding carboxylic acids is 1. The quantitative estimate of drug-likeness (QED) is 0.773. The lowest BCUT2D eigenvalue weighted by molar-refractivity contribution is -0.307. The maximum atomic E-state index is 10.7. The first-order valence-electron chi connectivity index (χ1n) is 7.69. The predicted molar refractivity (Wildman–Crippen MR) is 90.9 cm³/mol. The topological polar surface area (TPSA) is 73.4 Å². The van der Waals surface area contributed by atoms with E-state index in [1.807, 2.05) is 42.5 Å². The fourth-order valence-electron chi connectivity index (χ4n) is 3.07. The summed E-state index contributed by atoms with van der Waals surface area (Å²) < 4.78 is 5.37. The number of hydrogen-bond donors (Lipinski definition) is 2. The number of benzene rings is 3. The average molecular weight is 319 g/mol. The first kappa shape index (κ1) is 14.4. The Balaban J connectivity index is 1.71. The number of nitrogens with one attached hydrogen (secondary N) is 2. The number of hydrogen-bond acceptors (Lipinski definition) is 5. The summed E-state index contributed by atoms with van der Waals surface area (Å²) in [5.41, 5.74) is 2.90. The molecule has 0 saturated carbocycles. The largest absolute Gasteiger partial charge is 0.546 e. The standard InChI is InChI=1S/C19H16N2O3/c22-17(23)11-24-16-10-2-1-7-13(16)19-20-14-8-3-5-12-6-4-9-15(21-19)18(12)14/h1-10,19-21H,11H2,(H,22,23)/p-1. The summed E-state index contributed by atoms with van der Waals surface area (Å²) in [7, 11) is 0. The zero-order chi connectivity index (χ0) is 16.5. The number of ether oxygens (including phenoxy) is 1. The third kappa shape index (κ3) is 2.50. The molecule has 1 heterocycles. The highest BCUT2D eigenvalue weighted by Crippen LogP contribution is 2.40. The zero-order valence-corrected chi connectivity index (χ0v) is 12.8. The zero-order valence-electron chi connectivity index (χ0n) is 12.8. The predicted octanol–water partition coefficient (Wildman–Crippen LogP) is 2.50. The van der Waals surface area contributed by atoms with Gasteiger partial charge in [0.1, 0.15) is 18.5 Å². The normalized spacial score (nSPS) is 13.2. The molecule has 4 rings (SSSR count). The van der Waals surface area contributed by atoms with Crippen molar-refractivity contribution in [3.8, 4) is 5.75 Å². The van der Waals surface area contributed by atoms with E-state index < -0.39 is 12.6 Å². The second-order valence-corrected chi connectivity index (χ2v) is 5.63. The van der Waals surface area contributed by atoms with E-state index in [1.165, 1.54) is 0 Å². The molecule has 3 aromatic carbocycles. The summed E-state index contributed by atoms with van der Waals surface area (Å²) in [6, 6.07) is 19.6. The van der Waals surface area contributed by atoms with Gasteiger partial charge < -0.3 is 25.3 Å². The third-order valence-electron chi connectivity index (χ3n) is 4.08. The van der Waals surface area contributed by atoms with Crippen LogP contribution in [0.1, 0.15) is 11.7 Å². The minimum atomic E-state index is -1.25. The smallest absolute Gasteiger partial charge is 0.128 e. The van der Waals surface area contributed by atoms with Crippen molar-refractivity contribution in [2.24, 2.45) is 0 Å². The molecule has 1 aliphatic heterocycles. The van der Waals surface area contributed by atoms with E-state index in [4.69, 9.17) is 4.74 Å². The number of aliphatic carboxylic acids is 1. The van der Waals surface area contributed by atoms with Gasteiger partial charge in [0.25, 0.3) is 0 Å². The van der Waals surface area contributed by atoms with Gasteiger partial charge in [0.15, 0.2) is 0 Å². The van der Waals surface area contributed by atoms with Crippen LogP contribution < -0.4 is 20.5 Å². The molecule has 3 aromatic rings. The number of carboxylic acid groups (broad SMARTS) is 1. The maximum absolute atomic E-state index is 10.7. The molecular formula is C19H15N2O3-. The Bertz CT molecular complexity index is 883. The molecule has 0 aromatic heterocycles. The molecule has 24 heavy (non-hydrogen) atoms. The van der Waals surface area contributed by atoms with E-state index in [2.05, 4.69) is 22.8 Å². The van der Waals surface area contributed by atoms with E-state index >= 15 is 0 Å². The van der Waals surface area contributed by atoms with Crippen LogP contribution in [-0.4, -0.2) is 12.6 Å². The van der Waals surface area contributed by atoms with Gasteiger partial charge in [-0.25, -0.2) is 0 Å². The maximum Gasteiger partial charge on any atom is 0.128 e. The molecule has 2 N–H and O–H groups in total. The van der Waals surface area contributed by atoms with E-state index in [0.29, 0.717) is 5.75 Å². The van der Waals surface area contributed by atoms with Crippen LogP contribution in [0, 0.1) is 0 Å². The summed E-state index contributed by atoms with van der Waals surface area (Å²) in [5, 5.41) is 19.9. The van der Waals surface area contributed by atoms with Gasteiger partial charge in [0.2, 0.25) is 0 Å². The molecule has 0 amide bonds. The van der Waals surface area contributed by atoms with Crippen LogP contribution in [0.2, 0.25) is 0 Å². The Hall–Kier alpha value is -3.21. The average Bonchev–Trinajstić information content (AvgIpc) is 2.60. The molecule has 0 unspecified atom stereocenters. The Morgan fingerprint density at radius 1 is 0.958 bits per heavy atom. The Morgan fingerprint density at radius 2 is 1.62 bits per heavy atom. The van der Waals surface area contributed by atoms with Crippen molar-refractivity contribution in [3.63, 3.8) is 0 Å². The molecule has 0 bridgehead atoms. The third-order valence-corrected chi connectivity index (χ3v) is 4.08. The van der Waals surface area contributed by atoms with Crippen molar-refractivity contribution in [1.29, 1.82) is 0 Å². The Kier molecular flexibility index (Phi) is 3.46. The summed E-state index contributed by atoms with van der Waals surface area (Å²) in [6.07, 6.45) is -0.219. The minimum Gasteiger partial charge on any atom is -0.546 e. The van der Waals surface area contributed by atoms with Gasteiger partial charge in [-0.3, -0.25) is 0 Å². The molecule has 0 saturated heterocycles. The van der Waals surface area contributed by atoms with Gasteiger partial charge in [0, 0.05) is 22.3 Å². The van der Waals surface area contributed by atoms with Crippen LogP contribution >= 0.6 is 0 Å². The molecule has 0 radical (unpaired) electrons. The van der Waals surface area contributed by atoms with Crippen molar-refractivity contribution >= 4 is 28.1 Å². The number of carboxylic acids is 1. The summed E-state index contributed by atoms with van der Waals surface area (Å²) in [4.78, 5) is 10.7. The highest BCUT2D eigenvalue weighted by Gasteiger charge is 2.22. The van der Waals surface area contributed by atoms with E-state index in [0.717, 1.165) is 27.7 Å². The number of carbonyl (C=O) groups is 1. The van der Waals surface area contributed by atoms with Gasteiger partial charge in [0.05, 0.1) is 5.97 Å². The van der Waals surface area contributed by atoms with Crippen LogP contribution in [0.3, 0.4) is 0 Å². The monoisotopic (exact) mass is 319 g/mol. The van der Waals surface area contributed by atoms with Crippen LogP contribution in [-0.2, 0) is 4.79 Å². The van der Waals surface area contributed by atoms with Gasteiger partial charge >= 0.3 is 0 Å². The molecule has 5 heteroatoms. The lowest BCUT2D eigenvalue weighted by Crippen LogP contribution is -2.30. The highest BCUT2D eigenvalue weighted by molar-refractivity contribution is 6.04. The van der Waals surface area contributed by atoms with E-state index in [1.54, 1.807) is 6.07 Å². The van der Waals surface area contributed by atoms with Crippen LogP contribution in [0.4, 0.5) is 11.4 Å². The first-order chi connectivity index (χ1) is 11.7. The van der Waals surface area contributed by atoms with Crippen LogP contribution in [0.5, 0.6) is 5.75 Å². The van der Waals surface area contributed by atoms with Gasteiger partial charge in [-0.1, -0.05) is 42.5 Å². The fourth-order valence-corrected chi connectivity index (χ4v) is 3.07. The van der Waals surface area contributed by atoms with E-state index in [-0.39, 0.29) is 6.17 Å². The second-order valence-electron chi connectivity index (χ2n) is 5.63. The SMILES string of the molecule is O=C([O-])COc1ccccc1C1Nc2cccc3cccc(c23)N1. The number of anilines is 2. The molecular weight excluding hydrogens is 304 g/mol. The Morgan fingerprint density at radius 3 is 2.29 bits per heavy atom. The number of rotatable bonds is 4.